The molecule has 2 aliphatic rings. The van der Waals surface area contributed by atoms with E-state index in [9.17, 15) is 13.8 Å². The number of hydrogen-bond donors (Lipinski definition) is 2. The van der Waals surface area contributed by atoms with Crippen LogP contribution in [0.25, 0.3) is 11.1 Å². The summed E-state index contributed by atoms with van der Waals surface area (Å²) < 4.78 is 36.8. The summed E-state index contributed by atoms with van der Waals surface area (Å²) in [5.74, 6) is 3.74. The largest absolute Gasteiger partial charge is 0.490 e. The van der Waals surface area contributed by atoms with Crippen LogP contribution < -0.4 is 14.8 Å². The van der Waals surface area contributed by atoms with Crippen molar-refractivity contribution in [2.24, 2.45) is 11.3 Å². The molecule has 256 valence electrons. The molecule has 2 saturated carbocycles. The normalized spacial score (nSPS) is 20.4. The molecular weight excluding hydrogens is 599 g/mol. The Morgan fingerprint density at radius 1 is 1.07 bits per heavy atom. The second-order valence-electron chi connectivity index (χ2n) is 14.5. The number of ether oxygens (including phenoxy) is 1. The fraction of sp³-hybridized carbons (Fsp3) is 0.605. The molecule has 6 nitrogen and oxygen atoms in total. The fourth-order valence-corrected chi connectivity index (χ4v) is 6.98. The Hall–Kier alpha value is -2.87. The van der Waals surface area contributed by atoms with Gasteiger partial charge in [-0.3, -0.25) is 14.3 Å². The summed E-state index contributed by atoms with van der Waals surface area (Å²) in [6, 6.07) is 10.8. The van der Waals surface area contributed by atoms with Gasteiger partial charge in [0.05, 0.1) is 5.41 Å². The Balaban J connectivity index is 0.00000282. The lowest BCUT2D eigenvalue weighted by Gasteiger charge is -2.30. The van der Waals surface area contributed by atoms with E-state index in [1.54, 1.807) is 19.9 Å². The van der Waals surface area contributed by atoms with Crippen molar-refractivity contribution >= 4 is 27.4 Å². The number of rotatable bonds is 12. The minimum Gasteiger partial charge on any atom is -0.490 e. The minimum absolute atomic E-state index is 0.0382. The molecule has 0 heterocycles. The second kappa shape index (κ2) is 15.4. The van der Waals surface area contributed by atoms with Gasteiger partial charge in [-0.2, -0.15) is 0 Å². The third-order valence-corrected chi connectivity index (χ3v) is 10.3. The van der Waals surface area contributed by atoms with E-state index in [1.165, 1.54) is 12.3 Å². The lowest BCUT2D eigenvalue weighted by Crippen LogP contribution is -2.42. The number of carbonyl (C=O) groups excluding carboxylic acids is 2. The number of amides is 2. The number of hydrogen-bond acceptors (Lipinski definition) is 4. The third-order valence-electron chi connectivity index (χ3n) is 9.72. The van der Waals surface area contributed by atoms with Crippen molar-refractivity contribution in [2.75, 3.05) is 6.26 Å². The van der Waals surface area contributed by atoms with Gasteiger partial charge in [0.2, 0.25) is 11.8 Å². The second-order valence-corrected chi connectivity index (χ2v) is 16.7. The topological polar surface area (TPSA) is 84.5 Å². The molecule has 0 aliphatic heterocycles. The van der Waals surface area contributed by atoms with Crippen LogP contribution in [0.5, 0.6) is 5.75 Å². The average molecular weight is 657 g/mol. The van der Waals surface area contributed by atoms with Gasteiger partial charge < -0.3 is 10.1 Å². The zero-order valence-electron chi connectivity index (χ0n) is 29.6. The quantitative estimate of drug-likeness (QED) is 0.225. The van der Waals surface area contributed by atoms with Crippen LogP contribution in [0.2, 0.25) is 0 Å². The molecule has 0 radical (unpaired) electrons. The minimum atomic E-state index is -2.75. The predicted octanol–water partition coefficient (Wildman–Crippen LogP) is 8.32. The van der Waals surface area contributed by atoms with E-state index < -0.39 is 21.0 Å². The summed E-state index contributed by atoms with van der Waals surface area (Å²) in [5, 5.41) is 3.25. The predicted molar refractivity (Wildman–Crippen MR) is 190 cm³/mol. The fourth-order valence-electron chi connectivity index (χ4n) is 6.34. The summed E-state index contributed by atoms with van der Waals surface area (Å²) in [4.78, 5) is 26.2. The number of benzene rings is 2. The van der Waals surface area contributed by atoms with Crippen molar-refractivity contribution in [3.8, 4) is 16.9 Å². The molecule has 0 spiro atoms. The molecule has 2 N–H and O–H groups in total. The van der Waals surface area contributed by atoms with Gasteiger partial charge in [-0.05, 0) is 98.0 Å². The molecule has 46 heavy (non-hydrogen) atoms. The molecule has 2 amide bonds. The molecule has 0 bridgehead atoms. The van der Waals surface area contributed by atoms with Crippen LogP contribution in [0, 0.1) is 17.2 Å². The maximum absolute atomic E-state index is 15.4. The number of carbonyl (C=O) groups is 2. The van der Waals surface area contributed by atoms with Gasteiger partial charge in [0, 0.05) is 39.9 Å². The smallest absolute Gasteiger partial charge is 0.241 e. The zero-order valence-corrected chi connectivity index (χ0v) is 30.4. The first-order valence-corrected chi connectivity index (χ1v) is 19.2. The first kappa shape index (κ1) is 37.6. The summed E-state index contributed by atoms with van der Waals surface area (Å²) in [6.45, 7) is 16.1. The molecule has 0 saturated heterocycles. The van der Waals surface area contributed by atoms with Gasteiger partial charge in [0.1, 0.15) is 17.7 Å². The van der Waals surface area contributed by atoms with Gasteiger partial charge in [0.15, 0.2) is 0 Å². The molecule has 0 aromatic heterocycles. The number of nitrogens with one attached hydrogen (secondary N) is 2. The molecule has 8 heteroatoms. The number of halogens is 1. The molecule has 2 fully saturated rings. The van der Waals surface area contributed by atoms with Gasteiger partial charge in [0.25, 0.3) is 0 Å². The van der Waals surface area contributed by atoms with E-state index >= 15 is 4.39 Å². The SMILES string of the molecule is C=S(C)(=O)NC(=O)C(C)(C)c1ccc(O[C@@H]2CC[C@@H](NC(=O)[C@@H](C)CC(C)(C)CC)C2)c(-c2cccc(F)c2C2CCC2)c1.CC. The van der Waals surface area contributed by atoms with Crippen molar-refractivity contribution in [1.29, 1.82) is 0 Å². The molecule has 4 rings (SSSR count). The molecule has 1 unspecified atom stereocenters. The molecular formula is C38H57FN2O4S. The van der Waals surface area contributed by atoms with Crippen molar-refractivity contribution < 1.29 is 22.9 Å². The first-order chi connectivity index (χ1) is 21.5. The van der Waals surface area contributed by atoms with Crippen LogP contribution in [-0.2, 0) is 24.7 Å². The average Bonchev–Trinajstić information content (AvgIpc) is 3.39. The van der Waals surface area contributed by atoms with Crippen molar-refractivity contribution in [2.45, 2.75) is 130 Å². The molecule has 2 aliphatic carbocycles. The van der Waals surface area contributed by atoms with E-state index in [0.717, 1.165) is 56.1 Å². The highest BCUT2D eigenvalue weighted by molar-refractivity contribution is 7.98. The van der Waals surface area contributed by atoms with Crippen LogP contribution in [0.3, 0.4) is 0 Å². The Labute approximate surface area is 277 Å². The van der Waals surface area contributed by atoms with Crippen LogP contribution in [0.15, 0.2) is 36.4 Å². The van der Waals surface area contributed by atoms with E-state index in [-0.39, 0.29) is 41.1 Å². The lowest BCUT2D eigenvalue weighted by molar-refractivity contribution is -0.126. The van der Waals surface area contributed by atoms with Gasteiger partial charge in [-0.1, -0.05) is 72.6 Å². The Morgan fingerprint density at radius 3 is 2.33 bits per heavy atom. The highest BCUT2D eigenvalue weighted by Gasteiger charge is 2.35. The maximum Gasteiger partial charge on any atom is 0.241 e. The Morgan fingerprint density at radius 2 is 1.74 bits per heavy atom. The third kappa shape index (κ3) is 9.36. The highest BCUT2D eigenvalue weighted by Crippen LogP contribution is 2.46. The van der Waals surface area contributed by atoms with E-state index in [2.05, 4.69) is 36.7 Å². The Bertz CT molecular complexity index is 1480. The molecule has 4 atom stereocenters. The first-order valence-electron chi connectivity index (χ1n) is 17.1. The standard InChI is InChI=1S/C36H51FN2O4S.C2H6/c1-9-35(3,4)22-23(2)33(40)38-26-17-18-27(21-26)43-31-19-16-25(36(5,6)34(41)39-44(7,8)42)20-29(31)28-14-11-15-30(37)32(28)24-12-10-13-24;1-2/h11,14-16,19-20,23-24,26-27H,7,9-10,12-13,17-18,21-22H2,1-6,8H3,(H,38,40)(H,39,41,42);1-2H3/t23-,26+,27+,44?;/m0./s1. The van der Waals surface area contributed by atoms with Gasteiger partial charge in [-0.15, -0.1) is 0 Å². The van der Waals surface area contributed by atoms with E-state index in [0.29, 0.717) is 23.3 Å². The van der Waals surface area contributed by atoms with Gasteiger partial charge in [-0.25, -0.2) is 8.60 Å². The maximum atomic E-state index is 15.4. The molecule has 2 aromatic carbocycles. The summed E-state index contributed by atoms with van der Waals surface area (Å²) >= 11 is 0. The van der Waals surface area contributed by atoms with Crippen LogP contribution in [-0.4, -0.2) is 40.3 Å². The zero-order chi connectivity index (χ0) is 34.4. The summed E-state index contributed by atoms with van der Waals surface area (Å²) in [5.41, 5.74) is 1.99. The van der Waals surface area contributed by atoms with Crippen LogP contribution in [0.1, 0.15) is 124 Å². The monoisotopic (exact) mass is 656 g/mol. The van der Waals surface area contributed by atoms with E-state index in [1.807, 2.05) is 45.0 Å². The highest BCUT2D eigenvalue weighted by atomic mass is 32.2. The summed E-state index contributed by atoms with van der Waals surface area (Å²) in [6.07, 6.45) is 8.40. The lowest BCUT2D eigenvalue weighted by atomic mass is 9.76. The van der Waals surface area contributed by atoms with Crippen LogP contribution in [0.4, 0.5) is 4.39 Å². The molecule has 2 aromatic rings. The van der Waals surface area contributed by atoms with Crippen molar-refractivity contribution in [3.05, 3.63) is 53.3 Å². The Kier molecular flexibility index (Phi) is 12.5. The van der Waals surface area contributed by atoms with Crippen molar-refractivity contribution in [3.63, 3.8) is 0 Å². The van der Waals surface area contributed by atoms with Crippen molar-refractivity contribution in [1.82, 2.24) is 10.0 Å². The van der Waals surface area contributed by atoms with Gasteiger partial charge >= 0.3 is 0 Å². The summed E-state index contributed by atoms with van der Waals surface area (Å²) in [7, 11) is -2.75. The van der Waals surface area contributed by atoms with E-state index in [4.69, 9.17) is 4.74 Å². The van der Waals surface area contributed by atoms with Crippen LogP contribution >= 0.6 is 0 Å².